The maximum Gasteiger partial charge on any atom is 0.345 e. The average Bonchev–Trinajstić information content (AvgIpc) is 2.71. The Hall–Kier alpha value is -2.15. The second kappa shape index (κ2) is 7.21. The zero-order valence-electron chi connectivity index (χ0n) is 16.2. The second-order valence-corrected chi connectivity index (χ2v) is 7.52. The van der Waals surface area contributed by atoms with Gasteiger partial charge in [-0.15, -0.1) is 0 Å². The summed E-state index contributed by atoms with van der Waals surface area (Å²) in [6.45, 7) is -5.51. The smallest absolute Gasteiger partial charge is 0.345 e. The van der Waals surface area contributed by atoms with E-state index in [1.165, 1.54) is 0 Å². The van der Waals surface area contributed by atoms with E-state index in [0.717, 1.165) is 0 Å². The Balaban J connectivity index is 3.09. The summed E-state index contributed by atoms with van der Waals surface area (Å²) < 4.78 is 223. The first-order valence-electron chi connectivity index (χ1n) is 8.51. The van der Waals surface area contributed by atoms with Gasteiger partial charge in [0, 0.05) is 0 Å². The molecule has 1 N–H and O–H groups in total. The topological polar surface area (TPSA) is 72.8 Å². The lowest BCUT2D eigenvalue weighted by molar-refractivity contribution is -0.552. The largest absolute Gasteiger partial charge is 0.452 e. The fourth-order valence-electron chi connectivity index (χ4n) is 3.83. The fourth-order valence-corrected chi connectivity index (χ4v) is 3.83. The maximum absolute atomic E-state index is 15.0. The Bertz CT molecular complexity index is 910. The van der Waals surface area contributed by atoms with Gasteiger partial charge in [-0.05, 0) is 6.92 Å². The molecule has 0 aromatic heterocycles. The Kier molecular flexibility index (Phi) is 5.99. The monoisotopic (exact) mass is 554 g/mol. The fraction of sp³-hybridized carbons (Fsp3) is 0.867. The maximum atomic E-state index is 15.0. The minimum absolute atomic E-state index is 1.38. The highest BCUT2D eigenvalue weighted by atomic mass is 19.3. The van der Waals surface area contributed by atoms with Gasteiger partial charge in [-0.25, -0.2) is 31.5 Å². The minimum Gasteiger partial charge on any atom is -0.452 e. The molecule has 4 unspecified atom stereocenters. The molecule has 2 rings (SSSR count). The third kappa shape index (κ3) is 2.53. The van der Waals surface area contributed by atoms with E-state index < -0.39 is 90.7 Å². The van der Waals surface area contributed by atoms with E-state index in [1.54, 1.807) is 0 Å². The Morgan fingerprint density at radius 1 is 0.714 bits per heavy atom. The highest BCUT2D eigenvalue weighted by Gasteiger charge is 3.14. The van der Waals surface area contributed by atoms with E-state index in [9.17, 15) is 75.4 Å². The summed E-state index contributed by atoms with van der Waals surface area (Å²) in [4.78, 5) is 22.3. The van der Waals surface area contributed by atoms with Crippen molar-refractivity contribution >= 4 is 11.9 Å². The molecule has 0 amide bonds. The Morgan fingerprint density at radius 2 is 1.17 bits per heavy atom. The van der Waals surface area contributed by atoms with Gasteiger partial charge >= 0.3 is 58.5 Å². The lowest BCUT2D eigenvalue weighted by Crippen LogP contribution is -3.01. The van der Waals surface area contributed by atoms with Crippen LogP contribution in [0.4, 0.5) is 65.9 Å². The molecule has 20 heteroatoms. The van der Waals surface area contributed by atoms with Crippen molar-refractivity contribution in [3.63, 3.8) is 0 Å². The van der Waals surface area contributed by atoms with Gasteiger partial charge in [-0.1, -0.05) is 0 Å². The first-order valence-corrected chi connectivity index (χ1v) is 8.51. The summed E-state index contributed by atoms with van der Waals surface area (Å²) in [5.41, 5.74) is -29.8. The predicted molar refractivity (Wildman–Crippen MR) is 74.8 cm³/mol. The number of hydrogen-bond acceptors (Lipinski definition) is 5. The van der Waals surface area contributed by atoms with E-state index in [2.05, 4.69) is 9.47 Å². The van der Waals surface area contributed by atoms with Crippen LogP contribution in [-0.4, -0.2) is 88.9 Å². The van der Waals surface area contributed by atoms with Gasteiger partial charge in [0.25, 0.3) is 6.43 Å². The van der Waals surface area contributed by atoms with E-state index in [0.29, 0.717) is 0 Å². The summed E-state index contributed by atoms with van der Waals surface area (Å²) >= 11 is 0. The molecule has 2 saturated carbocycles. The van der Waals surface area contributed by atoms with E-state index in [1.807, 2.05) is 0 Å². The van der Waals surface area contributed by atoms with Gasteiger partial charge in [-0.3, -0.25) is 0 Å². The molecule has 204 valence electrons. The molecule has 0 aromatic carbocycles. The molecule has 0 spiro atoms. The van der Waals surface area contributed by atoms with Crippen LogP contribution in [-0.2, 0) is 19.1 Å². The molecule has 0 aromatic rings. The molecule has 2 bridgehead atoms. The molecular weight excluding hydrogens is 545 g/mol. The normalized spacial score (nSPS) is 40.2. The van der Waals surface area contributed by atoms with E-state index in [-0.39, 0.29) is 0 Å². The SMILES string of the molecule is CC1(F)C(F)(F)C2(F)C(F)(F)C(F)(C(F)F)C(F)(F)C(OC(=O)COC(=O)CO)(C1(F)F)C2(F)F. The van der Waals surface area contributed by atoms with Gasteiger partial charge in [0.05, 0.1) is 0 Å². The number of carbonyl (C=O) groups is 2. The first-order chi connectivity index (χ1) is 15.3. The average molecular weight is 554 g/mol. The minimum atomic E-state index is -8.05. The van der Waals surface area contributed by atoms with Crippen LogP contribution in [0, 0.1) is 0 Å². The standard InChI is InChI=1S/C15H9F15O5/c1-7(18)11(21,22)9(20)13(25,26)8(19,6(16)17)14(27,28)10(12(7,23)24,15(9,29)30)35-5(33)3-34-4(32)2-31/h6,31H,2-3H2,1H3. The third-order valence-electron chi connectivity index (χ3n) is 5.77. The summed E-state index contributed by atoms with van der Waals surface area (Å²) in [7, 11) is 0. The van der Waals surface area contributed by atoms with Gasteiger partial charge in [-0.2, -0.15) is 43.9 Å². The van der Waals surface area contributed by atoms with Crippen molar-refractivity contribution in [1.82, 2.24) is 0 Å². The Labute approximate surface area is 182 Å². The molecule has 5 nitrogen and oxygen atoms in total. The quantitative estimate of drug-likeness (QED) is 0.417. The summed E-state index contributed by atoms with van der Waals surface area (Å²) in [6, 6.07) is 0. The number of ether oxygens (including phenoxy) is 2. The van der Waals surface area contributed by atoms with Crippen LogP contribution >= 0.6 is 0 Å². The molecule has 4 atom stereocenters. The lowest BCUT2D eigenvalue weighted by atomic mass is 9.49. The van der Waals surface area contributed by atoms with Crippen LogP contribution in [0.1, 0.15) is 6.92 Å². The second-order valence-electron chi connectivity index (χ2n) is 7.52. The van der Waals surface area contributed by atoms with Crippen molar-refractivity contribution in [2.45, 2.75) is 65.6 Å². The number of esters is 2. The van der Waals surface area contributed by atoms with Crippen LogP contribution < -0.4 is 0 Å². The van der Waals surface area contributed by atoms with Crippen molar-refractivity contribution < 1.29 is 90.0 Å². The van der Waals surface area contributed by atoms with Crippen molar-refractivity contribution in [2.75, 3.05) is 13.2 Å². The van der Waals surface area contributed by atoms with Crippen molar-refractivity contribution in [2.24, 2.45) is 0 Å². The predicted octanol–water partition coefficient (Wildman–Crippen LogP) is 3.42. The van der Waals surface area contributed by atoms with Crippen LogP contribution in [0.15, 0.2) is 0 Å². The highest BCUT2D eigenvalue weighted by molar-refractivity contribution is 5.77. The summed E-state index contributed by atoms with van der Waals surface area (Å²) in [5, 5.41) is 8.32. The number of fused-ring (bicyclic) bond motifs is 2. The molecule has 0 heterocycles. The van der Waals surface area contributed by atoms with Gasteiger partial charge in [0.15, 0.2) is 6.61 Å². The molecule has 0 saturated heterocycles. The molecule has 2 aliphatic carbocycles. The molecule has 2 aliphatic rings. The van der Waals surface area contributed by atoms with Crippen LogP contribution in [0.2, 0.25) is 0 Å². The zero-order chi connectivity index (χ0) is 28.1. The third-order valence-corrected chi connectivity index (χ3v) is 5.77. The van der Waals surface area contributed by atoms with E-state index in [4.69, 9.17) is 5.11 Å². The van der Waals surface area contributed by atoms with E-state index >= 15 is 0 Å². The first kappa shape index (κ1) is 29.1. The number of halogens is 15. The van der Waals surface area contributed by atoms with Crippen molar-refractivity contribution in [1.29, 1.82) is 0 Å². The molecule has 0 aliphatic heterocycles. The molecule has 0 radical (unpaired) electrons. The number of aliphatic hydroxyl groups is 1. The van der Waals surface area contributed by atoms with Crippen molar-refractivity contribution in [3.05, 3.63) is 0 Å². The van der Waals surface area contributed by atoms with Gasteiger partial charge in [0.2, 0.25) is 5.67 Å². The Morgan fingerprint density at radius 3 is 1.57 bits per heavy atom. The molecule has 2 fully saturated rings. The summed E-state index contributed by atoms with van der Waals surface area (Å²) in [6.07, 6.45) is -6.22. The number of carbonyl (C=O) groups excluding carboxylic acids is 2. The van der Waals surface area contributed by atoms with Crippen LogP contribution in [0.3, 0.4) is 0 Å². The van der Waals surface area contributed by atoms with Gasteiger partial charge < -0.3 is 14.6 Å². The number of rotatable bonds is 5. The highest BCUT2D eigenvalue weighted by Crippen LogP contribution is 2.81. The van der Waals surface area contributed by atoms with Crippen LogP contribution in [0.5, 0.6) is 0 Å². The molecular formula is C15H9F15O5. The number of hydrogen-bond donors (Lipinski definition) is 1. The van der Waals surface area contributed by atoms with Crippen LogP contribution in [0.25, 0.3) is 0 Å². The lowest BCUT2D eigenvalue weighted by Gasteiger charge is -2.67. The van der Waals surface area contributed by atoms with Crippen molar-refractivity contribution in [3.8, 4) is 0 Å². The number of aliphatic hydroxyl groups excluding tert-OH is 1. The zero-order valence-corrected chi connectivity index (χ0v) is 16.2. The summed E-state index contributed by atoms with van der Waals surface area (Å²) in [5.74, 6) is -44.3. The number of alkyl halides is 15. The molecule has 35 heavy (non-hydrogen) atoms. The van der Waals surface area contributed by atoms with Gasteiger partial charge in [0.1, 0.15) is 6.61 Å².